The summed E-state index contributed by atoms with van der Waals surface area (Å²) in [4.78, 5) is 11.7. The molecule has 2 heterocycles. The van der Waals surface area contributed by atoms with Crippen LogP contribution in [0.5, 0.6) is 0 Å². The summed E-state index contributed by atoms with van der Waals surface area (Å²) < 4.78 is 10.4. The van der Waals surface area contributed by atoms with Crippen LogP contribution in [-0.4, -0.2) is 49.1 Å². The molecule has 0 radical (unpaired) electrons. The summed E-state index contributed by atoms with van der Waals surface area (Å²) in [7, 11) is 0. The van der Waals surface area contributed by atoms with Crippen molar-refractivity contribution in [2.75, 3.05) is 26.4 Å². The van der Waals surface area contributed by atoms with Crippen molar-refractivity contribution in [3.63, 3.8) is 0 Å². The molecule has 2 fully saturated rings. The molecule has 0 aromatic carbocycles. The van der Waals surface area contributed by atoms with Gasteiger partial charge in [0.15, 0.2) is 0 Å². The number of nitrogens with one attached hydrogen (secondary N) is 1. The molecule has 0 saturated carbocycles. The normalized spacial score (nSPS) is 28.9. The van der Waals surface area contributed by atoms with Crippen molar-refractivity contribution in [2.24, 2.45) is 0 Å². The van der Waals surface area contributed by atoms with Crippen LogP contribution in [0.15, 0.2) is 0 Å². The molecule has 5 heteroatoms. The van der Waals surface area contributed by atoms with Crippen molar-refractivity contribution in [2.45, 2.75) is 37.4 Å². The Hall–Kier alpha value is -0.650. The van der Waals surface area contributed by atoms with E-state index in [0.29, 0.717) is 39.2 Å². The Morgan fingerprint density at radius 3 is 2.75 bits per heavy atom. The minimum absolute atomic E-state index is 0.0996. The lowest BCUT2D eigenvalue weighted by Crippen LogP contribution is -2.48. The first-order valence-corrected chi connectivity index (χ1v) is 5.89. The summed E-state index contributed by atoms with van der Waals surface area (Å²) in [5.74, 6) is -0.0996. The van der Waals surface area contributed by atoms with Crippen LogP contribution in [0.3, 0.4) is 0 Å². The lowest BCUT2D eigenvalue weighted by Gasteiger charge is -2.32. The SMILES string of the molecule is O=C(NCC1(O)CCOCC1)[C@@H]1CCCO1. The van der Waals surface area contributed by atoms with E-state index in [1.54, 1.807) is 0 Å². The number of ether oxygens (including phenoxy) is 2. The summed E-state index contributed by atoms with van der Waals surface area (Å²) in [5.41, 5.74) is -0.799. The molecule has 1 atom stereocenters. The first-order chi connectivity index (χ1) is 7.70. The third-order valence-corrected chi connectivity index (χ3v) is 3.24. The van der Waals surface area contributed by atoms with Gasteiger partial charge in [0.1, 0.15) is 6.10 Å². The number of carbonyl (C=O) groups is 1. The quantitative estimate of drug-likeness (QED) is 0.704. The van der Waals surface area contributed by atoms with E-state index in [0.717, 1.165) is 12.8 Å². The van der Waals surface area contributed by atoms with Crippen LogP contribution in [0, 0.1) is 0 Å². The van der Waals surface area contributed by atoms with Crippen molar-refractivity contribution in [3.8, 4) is 0 Å². The maximum Gasteiger partial charge on any atom is 0.249 e. The summed E-state index contributed by atoms with van der Waals surface area (Å²) in [5, 5.41) is 12.9. The molecule has 0 unspecified atom stereocenters. The highest BCUT2D eigenvalue weighted by Gasteiger charge is 2.31. The van der Waals surface area contributed by atoms with Crippen LogP contribution in [-0.2, 0) is 14.3 Å². The fourth-order valence-corrected chi connectivity index (χ4v) is 2.08. The highest BCUT2D eigenvalue weighted by molar-refractivity contribution is 5.81. The highest BCUT2D eigenvalue weighted by Crippen LogP contribution is 2.19. The summed E-state index contributed by atoms with van der Waals surface area (Å²) in [6.07, 6.45) is 2.57. The van der Waals surface area contributed by atoms with Crippen LogP contribution in [0.1, 0.15) is 25.7 Å². The first-order valence-electron chi connectivity index (χ1n) is 5.89. The van der Waals surface area contributed by atoms with Gasteiger partial charge in [-0.3, -0.25) is 4.79 Å². The molecule has 0 aliphatic carbocycles. The molecule has 2 saturated heterocycles. The maximum absolute atomic E-state index is 11.7. The molecule has 2 N–H and O–H groups in total. The smallest absolute Gasteiger partial charge is 0.249 e. The van der Waals surface area contributed by atoms with Crippen molar-refractivity contribution in [3.05, 3.63) is 0 Å². The van der Waals surface area contributed by atoms with E-state index in [4.69, 9.17) is 9.47 Å². The van der Waals surface area contributed by atoms with Gasteiger partial charge in [-0.1, -0.05) is 0 Å². The average molecular weight is 229 g/mol. The van der Waals surface area contributed by atoms with Crippen LogP contribution >= 0.6 is 0 Å². The number of hydrogen-bond donors (Lipinski definition) is 2. The zero-order valence-electron chi connectivity index (χ0n) is 9.41. The standard InChI is InChI=1S/C11H19NO4/c13-10(9-2-1-5-16-9)12-8-11(14)3-6-15-7-4-11/h9,14H,1-8H2,(H,12,13)/t9-/m0/s1. The predicted octanol–water partition coefficient (Wildman–Crippen LogP) is -0.177. The van der Waals surface area contributed by atoms with Gasteiger partial charge in [-0.2, -0.15) is 0 Å². The molecule has 92 valence electrons. The van der Waals surface area contributed by atoms with Crippen molar-refractivity contribution >= 4 is 5.91 Å². The molecule has 0 aromatic rings. The Bertz CT molecular complexity index is 244. The van der Waals surface area contributed by atoms with E-state index in [1.807, 2.05) is 0 Å². The molecule has 1 amide bonds. The molecule has 16 heavy (non-hydrogen) atoms. The van der Waals surface area contributed by atoms with E-state index >= 15 is 0 Å². The molecule has 0 bridgehead atoms. The number of aliphatic hydroxyl groups is 1. The van der Waals surface area contributed by atoms with Crippen molar-refractivity contribution in [1.29, 1.82) is 0 Å². The summed E-state index contributed by atoms with van der Waals surface area (Å²) >= 11 is 0. The number of hydrogen-bond acceptors (Lipinski definition) is 4. The predicted molar refractivity (Wildman–Crippen MR) is 57.0 cm³/mol. The Kier molecular flexibility index (Phi) is 3.78. The lowest BCUT2D eigenvalue weighted by molar-refractivity contribution is -0.132. The summed E-state index contributed by atoms with van der Waals surface area (Å²) in [6.45, 7) is 2.09. The van der Waals surface area contributed by atoms with Gasteiger partial charge in [0.25, 0.3) is 0 Å². The van der Waals surface area contributed by atoms with Gasteiger partial charge in [0.2, 0.25) is 5.91 Å². The lowest BCUT2D eigenvalue weighted by atomic mass is 9.94. The van der Waals surface area contributed by atoms with E-state index in [9.17, 15) is 9.90 Å². The second-order valence-corrected chi connectivity index (χ2v) is 4.56. The molecular weight excluding hydrogens is 210 g/mol. The second-order valence-electron chi connectivity index (χ2n) is 4.56. The maximum atomic E-state index is 11.7. The van der Waals surface area contributed by atoms with Gasteiger partial charge in [-0.05, 0) is 12.8 Å². The van der Waals surface area contributed by atoms with E-state index in [2.05, 4.69) is 5.32 Å². The largest absolute Gasteiger partial charge is 0.388 e. The Morgan fingerprint density at radius 1 is 1.38 bits per heavy atom. The number of amides is 1. The minimum atomic E-state index is -0.799. The van der Waals surface area contributed by atoms with E-state index < -0.39 is 5.60 Å². The van der Waals surface area contributed by atoms with Gasteiger partial charge in [-0.15, -0.1) is 0 Å². The van der Waals surface area contributed by atoms with Crippen LogP contribution < -0.4 is 5.32 Å². The summed E-state index contributed by atoms with van der Waals surface area (Å²) in [6, 6.07) is 0. The third-order valence-electron chi connectivity index (χ3n) is 3.24. The van der Waals surface area contributed by atoms with Gasteiger partial charge in [0.05, 0.1) is 5.60 Å². The number of rotatable bonds is 3. The zero-order chi connectivity index (χ0) is 11.4. The van der Waals surface area contributed by atoms with Crippen molar-refractivity contribution in [1.82, 2.24) is 5.32 Å². The van der Waals surface area contributed by atoms with Gasteiger partial charge in [0, 0.05) is 39.2 Å². The van der Waals surface area contributed by atoms with E-state index in [-0.39, 0.29) is 12.0 Å². The van der Waals surface area contributed by atoms with Crippen LogP contribution in [0.25, 0.3) is 0 Å². The minimum Gasteiger partial charge on any atom is -0.388 e. The van der Waals surface area contributed by atoms with Gasteiger partial charge < -0.3 is 19.9 Å². The Morgan fingerprint density at radius 2 is 2.12 bits per heavy atom. The zero-order valence-corrected chi connectivity index (χ0v) is 9.41. The van der Waals surface area contributed by atoms with Crippen LogP contribution in [0.2, 0.25) is 0 Å². The third kappa shape index (κ3) is 2.93. The Labute approximate surface area is 95.1 Å². The molecule has 0 spiro atoms. The van der Waals surface area contributed by atoms with E-state index in [1.165, 1.54) is 0 Å². The van der Waals surface area contributed by atoms with Crippen LogP contribution in [0.4, 0.5) is 0 Å². The number of carbonyl (C=O) groups excluding carboxylic acids is 1. The second kappa shape index (κ2) is 5.12. The first kappa shape index (κ1) is 11.8. The monoisotopic (exact) mass is 229 g/mol. The van der Waals surface area contributed by atoms with Gasteiger partial charge in [-0.25, -0.2) is 0 Å². The molecule has 0 aromatic heterocycles. The van der Waals surface area contributed by atoms with Gasteiger partial charge >= 0.3 is 0 Å². The molecule has 5 nitrogen and oxygen atoms in total. The molecule has 2 rings (SSSR count). The van der Waals surface area contributed by atoms with Crippen molar-refractivity contribution < 1.29 is 19.4 Å². The molecule has 2 aliphatic rings. The molecular formula is C11H19NO4. The molecule has 2 aliphatic heterocycles. The fourth-order valence-electron chi connectivity index (χ4n) is 2.08. The highest BCUT2D eigenvalue weighted by atomic mass is 16.5. The topological polar surface area (TPSA) is 67.8 Å². The average Bonchev–Trinajstić information content (AvgIpc) is 2.80. The fraction of sp³-hybridized carbons (Fsp3) is 0.909. The Balaban J connectivity index is 1.75.